The number of thiazole rings is 1. The lowest BCUT2D eigenvalue weighted by Crippen LogP contribution is -2.30. The fourth-order valence-corrected chi connectivity index (χ4v) is 5.30. The van der Waals surface area contributed by atoms with E-state index in [1.807, 2.05) is 6.92 Å². The summed E-state index contributed by atoms with van der Waals surface area (Å²) in [6.45, 7) is 2.21. The van der Waals surface area contributed by atoms with Crippen LogP contribution in [0.3, 0.4) is 0 Å². The first-order chi connectivity index (χ1) is 10.4. The van der Waals surface area contributed by atoms with Crippen LogP contribution in [0.4, 0.5) is 4.39 Å². The highest BCUT2D eigenvalue weighted by molar-refractivity contribution is 7.90. The van der Waals surface area contributed by atoms with Crippen LogP contribution >= 0.6 is 11.3 Å². The minimum absolute atomic E-state index is 0.106. The Kier molecular flexibility index (Phi) is 4.05. The van der Waals surface area contributed by atoms with Gasteiger partial charge in [-0.2, -0.15) is 4.31 Å². The van der Waals surface area contributed by atoms with E-state index in [-0.39, 0.29) is 11.7 Å². The molecule has 0 N–H and O–H groups in total. The standard InChI is InChI=1S/C15H17FN2O2S2/c1-10-14(21-9-17-10)8-18(2)22(19,20)15-7-13(15)11-4-3-5-12(16)6-11/h3-6,9,13,15H,7-8H2,1-2H3. The van der Waals surface area contributed by atoms with Gasteiger partial charge in [-0.15, -0.1) is 11.3 Å². The smallest absolute Gasteiger partial charge is 0.217 e. The zero-order chi connectivity index (χ0) is 15.9. The quantitative estimate of drug-likeness (QED) is 0.841. The molecule has 1 aliphatic carbocycles. The number of aromatic nitrogens is 1. The number of rotatable bonds is 5. The van der Waals surface area contributed by atoms with Gasteiger partial charge >= 0.3 is 0 Å². The van der Waals surface area contributed by atoms with Crippen molar-refractivity contribution in [2.24, 2.45) is 0 Å². The molecule has 0 bridgehead atoms. The van der Waals surface area contributed by atoms with Crippen LogP contribution in [0.25, 0.3) is 0 Å². The van der Waals surface area contributed by atoms with Gasteiger partial charge in [-0.05, 0) is 31.0 Å². The van der Waals surface area contributed by atoms with Crippen LogP contribution in [-0.2, 0) is 16.6 Å². The molecule has 0 spiro atoms. The van der Waals surface area contributed by atoms with Crippen molar-refractivity contribution in [3.8, 4) is 0 Å². The average molecular weight is 340 g/mol. The summed E-state index contributed by atoms with van der Waals surface area (Å²) in [5.41, 5.74) is 3.35. The third-order valence-corrected chi connectivity index (χ3v) is 7.24. The van der Waals surface area contributed by atoms with Gasteiger partial charge in [0.2, 0.25) is 10.0 Å². The molecule has 0 saturated heterocycles. The third-order valence-electron chi connectivity index (χ3n) is 4.04. The van der Waals surface area contributed by atoms with Crippen LogP contribution in [0.1, 0.15) is 28.5 Å². The Balaban J connectivity index is 1.73. The summed E-state index contributed by atoms with van der Waals surface area (Å²) in [7, 11) is -1.79. The number of halogens is 1. The van der Waals surface area contributed by atoms with E-state index in [4.69, 9.17) is 0 Å². The van der Waals surface area contributed by atoms with Gasteiger partial charge in [0.25, 0.3) is 0 Å². The first-order valence-electron chi connectivity index (χ1n) is 6.99. The first-order valence-corrected chi connectivity index (χ1v) is 9.37. The zero-order valence-electron chi connectivity index (χ0n) is 12.4. The molecule has 0 amide bonds. The molecule has 1 saturated carbocycles. The van der Waals surface area contributed by atoms with Gasteiger partial charge in [0.1, 0.15) is 5.82 Å². The summed E-state index contributed by atoms with van der Waals surface area (Å²) >= 11 is 1.46. The first kappa shape index (κ1) is 15.6. The number of aryl methyl sites for hydroxylation is 1. The lowest BCUT2D eigenvalue weighted by atomic mass is 10.1. The SMILES string of the molecule is Cc1ncsc1CN(C)S(=O)(=O)C1CC1c1cccc(F)c1. The molecule has 118 valence electrons. The van der Waals surface area contributed by atoms with Crippen LogP contribution in [0.15, 0.2) is 29.8 Å². The number of benzene rings is 1. The average Bonchev–Trinajstić information content (AvgIpc) is 3.19. The molecular formula is C15H17FN2O2S2. The largest absolute Gasteiger partial charge is 0.250 e. The highest BCUT2D eigenvalue weighted by Crippen LogP contribution is 2.47. The van der Waals surface area contributed by atoms with Gasteiger partial charge in [-0.3, -0.25) is 0 Å². The van der Waals surface area contributed by atoms with E-state index in [1.165, 1.54) is 27.8 Å². The van der Waals surface area contributed by atoms with Crippen LogP contribution < -0.4 is 0 Å². The molecule has 1 aliphatic rings. The fraction of sp³-hybridized carbons (Fsp3) is 0.400. The van der Waals surface area contributed by atoms with E-state index < -0.39 is 15.3 Å². The molecule has 2 unspecified atom stereocenters. The minimum atomic E-state index is -3.38. The number of nitrogens with zero attached hydrogens (tertiary/aromatic N) is 2. The maximum absolute atomic E-state index is 13.3. The Hall–Kier alpha value is -1.31. The Bertz CT molecular complexity index is 788. The summed E-state index contributed by atoms with van der Waals surface area (Å²) in [6, 6.07) is 6.20. The molecule has 22 heavy (non-hydrogen) atoms. The monoisotopic (exact) mass is 340 g/mol. The molecule has 7 heteroatoms. The van der Waals surface area contributed by atoms with Gasteiger partial charge < -0.3 is 0 Å². The van der Waals surface area contributed by atoms with Gasteiger partial charge in [0.15, 0.2) is 0 Å². The molecule has 1 aromatic heterocycles. The molecule has 2 atom stereocenters. The van der Waals surface area contributed by atoms with Crippen molar-refractivity contribution in [1.82, 2.24) is 9.29 Å². The highest BCUT2D eigenvalue weighted by atomic mass is 32.2. The predicted molar refractivity (Wildman–Crippen MR) is 84.8 cm³/mol. The fourth-order valence-electron chi connectivity index (χ4n) is 2.59. The highest BCUT2D eigenvalue weighted by Gasteiger charge is 2.49. The van der Waals surface area contributed by atoms with Crippen LogP contribution in [0, 0.1) is 12.7 Å². The number of sulfonamides is 1. The van der Waals surface area contributed by atoms with Crippen molar-refractivity contribution in [2.45, 2.75) is 31.1 Å². The van der Waals surface area contributed by atoms with Crippen molar-refractivity contribution < 1.29 is 12.8 Å². The molecule has 1 heterocycles. The summed E-state index contributed by atoms with van der Waals surface area (Å²) in [5.74, 6) is -0.431. The topological polar surface area (TPSA) is 50.3 Å². The van der Waals surface area contributed by atoms with Crippen LogP contribution in [0.5, 0.6) is 0 Å². The van der Waals surface area contributed by atoms with Crippen LogP contribution in [0.2, 0.25) is 0 Å². The number of hydrogen-bond acceptors (Lipinski definition) is 4. The van der Waals surface area contributed by atoms with Crippen molar-refractivity contribution in [3.63, 3.8) is 0 Å². The lowest BCUT2D eigenvalue weighted by Gasteiger charge is -2.16. The van der Waals surface area contributed by atoms with Crippen molar-refractivity contribution >= 4 is 21.4 Å². The van der Waals surface area contributed by atoms with Gasteiger partial charge in [0.05, 0.1) is 16.5 Å². The second-order valence-corrected chi connectivity index (χ2v) is 8.80. The second-order valence-electron chi connectivity index (χ2n) is 5.60. The molecule has 1 aromatic carbocycles. The lowest BCUT2D eigenvalue weighted by molar-refractivity contribution is 0.467. The van der Waals surface area contributed by atoms with Gasteiger partial charge in [0, 0.05) is 24.4 Å². The summed E-state index contributed by atoms with van der Waals surface area (Å²) in [5, 5.41) is -0.451. The molecule has 0 aliphatic heterocycles. The second kappa shape index (κ2) is 5.72. The summed E-state index contributed by atoms with van der Waals surface area (Å²) < 4.78 is 39.9. The molecule has 3 rings (SSSR count). The van der Waals surface area contributed by atoms with E-state index >= 15 is 0 Å². The minimum Gasteiger partial charge on any atom is -0.250 e. The van der Waals surface area contributed by atoms with Crippen molar-refractivity contribution in [2.75, 3.05) is 7.05 Å². The van der Waals surface area contributed by atoms with E-state index in [9.17, 15) is 12.8 Å². The third kappa shape index (κ3) is 2.93. The number of hydrogen-bond donors (Lipinski definition) is 0. The Labute approximate surface area is 133 Å². The molecule has 2 aromatic rings. The van der Waals surface area contributed by atoms with Gasteiger partial charge in [-0.25, -0.2) is 17.8 Å². The molecule has 0 radical (unpaired) electrons. The van der Waals surface area contributed by atoms with Crippen molar-refractivity contribution in [3.05, 3.63) is 51.7 Å². The maximum Gasteiger partial charge on any atom is 0.217 e. The van der Waals surface area contributed by atoms with Gasteiger partial charge in [-0.1, -0.05) is 12.1 Å². The summed E-state index contributed by atoms with van der Waals surface area (Å²) in [4.78, 5) is 5.09. The normalized spacial score (nSPS) is 21.3. The molecule has 4 nitrogen and oxygen atoms in total. The van der Waals surface area contributed by atoms with Crippen molar-refractivity contribution in [1.29, 1.82) is 0 Å². The Morgan fingerprint density at radius 1 is 1.45 bits per heavy atom. The van der Waals surface area contributed by atoms with E-state index in [0.29, 0.717) is 13.0 Å². The maximum atomic E-state index is 13.3. The predicted octanol–water partition coefficient (Wildman–Crippen LogP) is 2.91. The molecular weight excluding hydrogens is 323 g/mol. The van der Waals surface area contributed by atoms with E-state index in [0.717, 1.165) is 16.1 Å². The zero-order valence-corrected chi connectivity index (χ0v) is 14.0. The van der Waals surface area contributed by atoms with E-state index in [2.05, 4.69) is 4.98 Å². The summed E-state index contributed by atoms with van der Waals surface area (Å²) in [6.07, 6.45) is 0.553. The van der Waals surface area contributed by atoms with E-state index in [1.54, 1.807) is 24.7 Å². The molecule has 1 fully saturated rings. The Morgan fingerprint density at radius 2 is 2.23 bits per heavy atom. The Morgan fingerprint density at radius 3 is 2.86 bits per heavy atom. The van der Waals surface area contributed by atoms with Crippen LogP contribution in [-0.4, -0.2) is 30.0 Å².